The van der Waals surface area contributed by atoms with Gasteiger partial charge in [-0.1, -0.05) is 60.7 Å². The fourth-order valence-corrected chi connectivity index (χ4v) is 3.20. The first-order chi connectivity index (χ1) is 14.8. The van der Waals surface area contributed by atoms with Crippen molar-refractivity contribution in [3.63, 3.8) is 0 Å². The molecule has 0 radical (unpaired) electrons. The third-order valence-corrected chi connectivity index (χ3v) is 4.98. The fraction of sp³-hybridized carbons (Fsp3) is 0.350. The first-order valence-electron chi connectivity index (χ1n) is 9.42. The van der Waals surface area contributed by atoms with Crippen LogP contribution >= 0.6 is 7.82 Å². The zero-order valence-electron chi connectivity index (χ0n) is 16.5. The highest BCUT2D eigenvalue weighted by molar-refractivity contribution is 7.48. The van der Waals surface area contributed by atoms with Crippen LogP contribution in [0.5, 0.6) is 0 Å². The number of amides is 1. The van der Waals surface area contributed by atoms with E-state index in [0.717, 1.165) is 11.1 Å². The van der Waals surface area contributed by atoms with Gasteiger partial charge in [-0.3, -0.25) is 13.8 Å². The van der Waals surface area contributed by atoms with E-state index in [2.05, 4.69) is 0 Å². The predicted molar refractivity (Wildman–Crippen MR) is 105 cm³/mol. The van der Waals surface area contributed by atoms with Crippen LogP contribution in [0.3, 0.4) is 0 Å². The van der Waals surface area contributed by atoms with E-state index in [9.17, 15) is 22.5 Å². The van der Waals surface area contributed by atoms with Crippen molar-refractivity contribution in [1.29, 1.82) is 0 Å². The number of nitrogens with one attached hydrogen (secondary N) is 1. The number of alkyl halides is 3. The zero-order valence-corrected chi connectivity index (χ0v) is 17.4. The third kappa shape index (κ3) is 10.1. The Bertz CT molecular complexity index is 788. The fourth-order valence-electron chi connectivity index (χ4n) is 2.23. The number of benzene rings is 2. The van der Waals surface area contributed by atoms with E-state index in [1.807, 2.05) is 12.1 Å². The lowest BCUT2D eigenvalue weighted by atomic mass is 10.2. The van der Waals surface area contributed by atoms with Crippen molar-refractivity contribution in [2.24, 2.45) is 0 Å². The molecule has 0 aliphatic carbocycles. The molecule has 31 heavy (non-hydrogen) atoms. The van der Waals surface area contributed by atoms with Gasteiger partial charge < -0.3 is 5.32 Å². The van der Waals surface area contributed by atoms with Gasteiger partial charge in [-0.05, 0) is 24.0 Å². The molecule has 11 heteroatoms. The molecule has 0 aromatic heterocycles. The van der Waals surface area contributed by atoms with Gasteiger partial charge in [0.2, 0.25) is 0 Å². The average molecular weight is 461 g/mol. The van der Waals surface area contributed by atoms with Gasteiger partial charge in [-0.2, -0.15) is 13.2 Å². The Hall–Kier alpha value is -2.23. The minimum Gasteiger partial charge on any atom is -0.348 e. The van der Waals surface area contributed by atoms with Crippen molar-refractivity contribution >= 4 is 13.7 Å². The summed E-state index contributed by atoms with van der Waals surface area (Å²) < 4.78 is 64.7. The minimum atomic E-state index is -4.92. The highest BCUT2D eigenvalue weighted by Crippen LogP contribution is 2.51. The number of phosphoric ester groups is 1. The van der Waals surface area contributed by atoms with Crippen LogP contribution in [0.1, 0.15) is 24.0 Å². The molecule has 0 aliphatic rings. The van der Waals surface area contributed by atoms with Crippen LogP contribution in [0.4, 0.5) is 13.2 Å². The van der Waals surface area contributed by atoms with Crippen LogP contribution in [0, 0.1) is 0 Å². The predicted octanol–water partition coefficient (Wildman–Crippen LogP) is 4.94. The number of halogens is 3. The molecule has 0 fully saturated rings. The summed E-state index contributed by atoms with van der Waals surface area (Å²) in [4.78, 5) is 15.6. The van der Waals surface area contributed by atoms with Crippen LogP contribution in [-0.4, -0.2) is 25.2 Å². The summed E-state index contributed by atoms with van der Waals surface area (Å²) in [5, 5.41) is 1.74. The smallest absolute Gasteiger partial charge is 0.348 e. The Kier molecular flexibility index (Phi) is 10.2. The lowest BCUT2D eigenvalue weighted by Gasteiger charge is -2.17. The second kappa shape index (κ2) is 12.6. The SMILES string of the molecule is O=C(NCCCCOOP(=O)(OCc1ccccc1)OCc1ccccc1)C(F)(F)F. The lowest BCUT2D eigenvalue weighted by Crippen LogP contribution is -2.37. The van der Waals surface area contributed by atoms with Gasteiger partial charge in [0.05, 0.1) is 19.8 Å². The van der Waals surface area contributed by atoms with Crippen LogP contribution in [0.25, 0.3) is 0 Å². The van der Waals surface area contributed by atoms with Gasteiger partial charge in [0, 0.05) is 6.54 Å². The summed E-state index contributed by atoms with van der Waals surface area (Å²) in [5.41, 5.74) is 1.49. The Labute approximate surface area is 178 Å². The zero-order chi connectivity index (χ0) is 22.6. The highest BCUT2D eigenvalue weighted by Gasteiger charge is 2.38. The normalized spacial score (nSPS) is 12.0. The number of rotatable bonds is 13. The molecule has 170 valence electrons. The first kappa shape index (κ1) is 25.0. The van der Waals surface area contributed by atoms with E-state index in [1.165, 1.54) is 0 Å². The maximum Gasteiger partial charge on any atom is 0.502 e. The molecule has 0 atom stereocenters. The highest BCUT2D eigenvalue weighted by atomic mass is 31.2. The molecule has 2 aromatic carbocycles. The topological polar surface area (TPSA) is 83.1 Å². The maximum absolute atomic E-state index is 12.9. The quantitative estimate of drug-likeness (QED) is 0.197. The van der Waals surface area contributed by atoms with E-state index < -0.39 is 19.9 Å². The average Bonchev–Trinajstić information content (AvgIpc) is 2.76. The van der Waals surface area contributed by atoms with Crippen molar-refractivity contribution in [2.75, 3.05) is 13.2 Å². The van der Waals surface area contributed by atoms with Crippen molar-refractivity contribution in [3.05, 3.63) is 71.8 Å². The summed E-state index contributed by atoms with van der Waals surface area (Å²) in [7, 11) is -4.08. The van der Waals surface area contributed by atoms with Crippen molar-refractivity contribution in [3.8, 4) is 0 Å². The second-order valence-corrected chi connectivity index (χ2v) is 7.88. The molecular weight excluding hydrogens is 438 g/mol. The minimum absolute atomic E-state index is 0.0419. The van der Waals surface area contributed by atoms with Gasteiger partial charge >= 0.3 is 19.9 Å². The Morgan fingerprint density at radius 1 is 0.871 bits per heavy atom. The van der Waals surface area contributed by atoms with Gasteiger partial charge in [-0.25, -0.2) is 9.45 Å². The van der Waals surface area contributed by atoms with Gasteiger partial charge in [0.1, 0.15) is 0 Å². The number of hydrogen-bond donors (Lipinski definition) is 1. The van der Waals surface area contributed by atoms with Gasteiger partial charge in [0.15, 0.2) is 0 Å². The van der Waals surface area contributed by atoms with E-state index >= 15 is 0 Å². The molecule has 0 spiro atoms. The molecule has 0 heterocycles. The monoisotopic (exact) mass is 461 g/mol. The van der Waals surface area contributed by atoms with E-state index in [0.29, 0.717) is 0 Å². The lowest BCUT2D eigenvalue weighted by molar-refractivity contribution is -0.228. The maximum atomic E-state index is 12.9. The van der Waals surface area contributed by atoms with Gasteiger partial charge in [-0.15, -0.1) is 4.67 Å². The molecule has 0 bridgehead atoms. The Balaban J connectivity index is 1.78. The molecule has 0 saturated carbocycles. The van der Waals surface area contributed by atoms with Crippen molar-refractivity contribution in [2.45, 2.75) is 32.2 Å². The first-order valence-corrected chi connectivity index (χ1v) is 10.9. The van der Waals surface area contributed by atoms with Crippen LogP contribution < -0.4 is 5.32 Å². The van der Waals surface area contributed by atoms with E-state index in [4.69, 9.17) is 18.6 Å². The van der Waals surface area contributed by atoms with Gasteiger partial charge in [0.25, 0.3) is 0 Å². The third-order valence-electron chi connectivity index (χ3n) is 3.81. The van der Waals surface area contributed by atoms with E-state index in [1.54, 1.807) is 53.8 Å². The Morgan fingerprint density at radius 3 is 1.87 bits per heavy atom. The molecule has 0 unspecified atom stereocenters. The standard InChI is InChI=1S/C20H23F3NO6P/c21-20(22,23)19(25)24-13-7-8-14-27-30-31(26,28-15-17-9-3-1-4-10-17)29-16-18-11-5-2-6-12-18/h1-6,9-12H,7-8,13-16H2,(H,24,25). The summed E-state index contributed by atoms with van der Waals surface area (Å²) in [5.74, 6) is -2.00. The summed E-state index contributed by atoms with van der Waals surface area (Å²) in [6.45, 7) is -0.358. The van der Waals surface area contributed by atoms with Crippen LogP contribution in [-0.2, 0) is 41.2 Å². The van der Waals surface area contributed by atoms with E-state index in [-0.39, 0.29) is 39.2 Å². The number of carbonyl (C=O) groups excluding carboxylic acids is 1. The molecule has 0 aliphatic heterocycles. The summed E-state index contributed by atoms with van der Waals surface area (Å²) >= 11 is 0. The summed E-state index contributed by atoms with van der Waals surface area (Å²) in [6.07, 6.45) is -4.47. The molecule has 7 nitrogen and oxygen atoms in total. The number of unbranched alkanes of at least 4 members (excludes halogenated alkanes) is 1. The largest absolute Gasteiger partial charge is 0.502 e. The second-order valence-electron chi connectivity index (χ2n) is 6.32. The molecule has 1 N–H and O–H groups in total. The van der Waals surface area contributed by atoms with Crippen LogP contribution in [0.15, 0.2) is 60.7 Å². The Morgan fingerprint density at radius 2 is 1.39 bits per heavy atom. The number of phosphoric acid groups is 1. The van der Waals surface area contributed by atoms with Crippen molar-refractivity contribution < 1.29 is 41.1 Å². The summed E-state index contributed by atoms with van der Waals surface area (Å²) in [6, 6.07) is 17.9. The molecule has 2 rings (SSSR count). The van der Waals surface area contributed by atoms with Crippen LogP contribution in [0.2, 0.25) is 0 Å². The number of carbonyl (C=O) groups is 1. The molecular formula is C20H23F3NO6P. The molecule has 1 amide bonds. The molecule has 2 aromatic rings. The number of hydrogen-bond acceptors (Lipinski definition) is 6. The molecule has 0 saturated heterocycles. The van der Waals surface area contributed by atoms with Crippen molar-refractivity contribution in [1.82, 2.24) is 5.32 Å².